The Morgan fingerprint density at radius 3 is 1.78 bits per heavy atom. The smallest absolute Gasteiger partial charge is 0.0178 e. The molecule has 0 saturated heterocycles. The van der Waals surface area contributed by atoms with E-state index in [1.165, 1.54) is 31.4 Å². The molecule has 0 amide bonds. The molecule has 0 aliphatic rings. The molecule has 0 aromatic carbocycles. The predicted octanol–water partition coefficient (Wildman–Crippen LogP) is 5.75. The van der Waals surface area contributed by atoms with Crippen LogP contribution in [-0.2, 0) is 0 Å². The number of hydrogen-bond donors (Lipinski definition) is 1. The molecule has 0 saturated carbocycles. The Morgan fingerprint density at radius 1 is 0.944 bits per heavy atom. The van der Waals surface area contributed by atoms with Crippen LogP contribution in [0.25, 0.3) is 0 Å². The van der Waals surface area contributed by atoms with Crippen molar-refractivity contribution in [2.75, 3.05) is 0 Å². The summed E-state index contributed by atoms with van der Waals surface area (Å²) in [7, 11) is 0. The Labute approximate surface area is 113 Å². The molecule has 1 N–H and O–H groups in total. The highest BCUT2D eigenvalue weighted by atomic mass is 14.7. The Balaban J connectivity index is 2.59. The Kier molecular flexibility index (Phi) is 5.07. The van der Waals surface area contributed by atoms with Gasteiger partial charge in [0, 0.05) is 11.9 Å². The van der Waals surface area contributed by atoms with Crippen molar-refractivity contribution in [3.05, 3.63) is 24.0 Å². The fourth-order valence-corrected chi connectivity index (χ4v) is 2.27. The third-order valence-electron chi connectivity index (χ3n) is 3.55. The van der Waals surface area contributed by atoms with Gasteiger partial charge in [0.2, 0.25) is 0 Å². The molecule has 0 fully saturated rings. The van der Waals surface area contributed by atoms with Crippen molar-refractivity contribution in [1.29, 1.82) is 0 Å². The maximum atomic E-state index is 3.41. The number of hydrogen-bond acceptors (Lipinski definition) is 0. The first-order valence-electron chi connectivity index (χ1n) is 7.31. The summed E-state index contributed by atoms with van der Waals surface area (Å²) in [5.74, 6) is 0.693. The fraction of sp³-hybridized carbons (Fsp3) is 0.765. The third-order valence-corrected chi connectivity index (χ3v) is 3.55. The van der Waals surface area contributed by atoms with Crippen molar-refractivity contribution >= 4 is 0 Å². The Bertz CT molecular complexity index is 303. The van der Waals surface area contributed by atoms with Crippen LogP contribution in [0.2, 0.25) is 0 Å². The molecule has 0 unspecified atom stereocenters. The van der Waals surface area contributed by atoms with Crippen LogP contribution in [0.3, 0.4) is 0 Å². The van der Waals surface area contributed by atoms with E-state index in [1.54, 1.807) is 0 Å². The Hall–Kier alpha value is -0.720. The molecule has 0 spiro atoms. The molecule has 1 aromatic rings. The second-order valence-electron chi connectivity index (χ2n) is 8.02. The van der Waals surface area contributed by atoms with E-state index in [0.717, 1.165) is 0 Å². The highest BCUT2D eigenvalue weighted by Crippen LogP contribution is 2.34. The van der Waals surface area contributed by atoms with Crippen molar-refractivity contribution < 1.29 is 0 Å². The van der Waals surface area contributed by atoms with E-state index in [4.69, 9.17) is 0 Å². The van der Waals surface area contributed by atoms with E-state index < -0.39 is 0 Å². The van der Waals surface area contributed by atoms with E-state index in [0.29, 0.717) is 16.7 Å². The quantitative estimate of drug-likeness (QED) is 0.683. The Morgan fingerprint density at radius 2 is 1.44 bits per heavy atom. The van der Waals surface area contributed by atoms with Gasteiger partial charge < -0.3 is 4.98 Å². The molecule has 1 rings (SSSR count). The lowest BCUT2D eigenvalue weighted by atomic mass is 9.80. The van der Waals surface area contributed by atoms with Gasteiger partial charge in [-0.25, -0.2) is 0 Å². The van der Waals surface area contributed by atoms with Crippen LogP contribution in [0.5, 0.6) is 0 Å². The van der Waals surface area contributed by atoms with Crippen molar-refractivity contribution in [1.82, 2.24) is 4.98 Å². The van der Waals surface area contributed by atoms with Crippen molar-refractivity contribution in [2.24, 2.45) is 10.8 Å². The van der Waals surface area contributed by atoms with Gasteiger partial charge in [0.25, 0.3) is 0 Å². The summed E-state index contributed by atoms with van der Waals surface area (Å²) >= 11 is 0. The summed E-state index contributed by atoms with van der Waals surface area (Å²) in [6.45, 7) is 14.0. The number of aromatic nitrogens is 1. The van der Waals surface area contributed by atoms with Crippen LogP contribution < -0.4 is 0 Å². The number of rotatable bonds is 5. The molecule has 0 atom stereocenters. The van der Waals surface area contributed by atoms with Gasteiger partial charge in [0.15, 0.2) is 0 Å². The zero-order valence-corrected chi connectivity index (χ0v) is 13.1. The predicted molar refractivity (Wildman–Crippen MR) is 80.9 cm³/mol. The van der Waals surface area contributed by atoms with Gasteiger partial charge in [-0.2, -0.15) is 0 Å². The van der Waals surface area contributed by atoms with Crippen LogP contribution in [0.15, 0.2) is 18.3 Å². The van der Waals surface area contributed by atoms with Gasteiger partial charge >= 0.3 is 0 Å². The SMILES string of the molecule is CC(C)(C)CCC(CCC(C)(C)C)c1ccc[nH]1. The first-order chi connectivity index (χ1) is 8.17. The van der Waals surface area contributed by atoms with Crippen molar-refractivity contribution in [3.8, 4) is 0 Å². The molecule has 0 radical (unpaired) electrons. The fourth-order valence-electron chi connectivity index (χ4n) is 2.27. The zero-order chi connectivity index (χ0) is 13.8. The van der Waals surface area contributed by atoms with Gasteiger partial charge in [-0.15, -0.1) is 0 Å². The van der Waals surface area contributed by atoms with Crippen LogP contribution >= 0.6 is 0 Å². The van der Waals surface area contributed by atoms with E-state index in [9.17, 15) is 0 Å². The number of aromatic amines is 1. The van der Waals surface area contributed by atoms with Crippen LogP contribution in [0, 0.1) is 10.8 Å². The average molecular weight is 249 g/mol. The lowest BCUT2D eigenvalue weighted by molar-refractivity contribution is 0.309. The summed E-state index contributed by atoms with van der Waals surface area (Å²) in [4.78, 5) is 3.41. The standard InChI is InChI=1S/C17H31N/c1-16(2,3)11-9-14(10-12-17(4,5)6)15-8-7-13-18-15/h7-8,13-14,18H,9-12H2,1-6H3. The highest BCUT2D eigenvalue weighted by molar-refractivity contribution is 5.10. The molecule has 0 aliphatic heterocycles. The largest absolute Gasteiger partial charge is 0.365 e. The minimum atomic E-state index is 0.437. The second kappa shape index (κ2) is 5.95. The van der Waals surface area contributed by atoms with Crippen LogP contribution in [0.4, 0.5) is 0 Å². The topological polar surface area (TPSA) is 15.8 Å². The van der Waals surface area contributed by atoms with Gasteiger partial charge in [-0.05, 0) is 54.6 Å². The minimum absolute atomic E-state index is 0.437. The first-order valence-corrected chi connectivity index (χ1v) is 7.31. The molecular weight excluding hydrogens is 218 g/mol. The first kappa shape index (κ1) is 15.3. The normalized spacial score (nSPS) is 13.3. The zero-order valence-electron chi connectivity index (χ0n) is 13.1. The number of nitrogens with one attached hydrogen (secondary N) is 1. The molecule has 104 valence electrons. The highest BCUT2D eigenvalue weighted by Gasteiger charge is 2.20. The van der Waals surface area contributed by atoms with Gasteiger partial charge in [-0.1, -0.05) is 41.5 Å². The lowest BCUT2D eigenvalue weighted by Crippen LogP contribution is -2.12. The van der Waals surface area contributed by atoms with Gasteiger partial charge in [0.05, 0.1) is 0 Å². The maximum absolute atomic E-state index is 3.41. The summed E-state index contributed by atoms with van der Waals surface area (Å²) in [6.07, 6.45) is 7.22. The van der Waals surface area contributed by atoms with E-state index in [1.807, 2.05) is 0 Å². The molecule has 1 heterocycles. The molecule has 1 aromatic heterocycles. The third kappa shape index (κ3) is 6.28. The summed E-state index contributed by atoms with van der Waals surface area (Å²) < 4.78 is 0. The monoisotopic (exact) mass is 249 g/mol. The van der Waals surface area contributed by atoms with Crippen molar-refractivity contribution in [2.45, 2.75) is 73.1 Å². The molecule has 0 bridgehead atoms. The summed E-state index contributed by atoms with van der Waals surface area (Å²) in [5.41, 5.74) is 2.29. The molecule has 1 heteroatoms. The van der Waals surface area contributed by atoms with Crippen molar-refractivity contribution in [3.63, 3.8) is 0 Å². The lowest BCUT2D eigenvalue weighted by Gasteiger charge is -2.25. The van der Waals surface area contributed by atoms with E-state index in [2.05, 4.69) is 64.9 Å². The van der Waals surface area contributed by atoms with Crippen LogP contribution in [0.1, 0.15) is 78.8 Å². The molecule has 0 aliphatic carbocycles. The minimum Gasteiger partial charge on any atom is -0.365 e. The second-order valence-corrected chi connectivity index (χ2v) is 8.02. The van der Waals surface area contributed by atoms with Gasteiger partial charge in [-0.3, -0.25) is 0 Å². The summed E-state index contributed by atoms with van der Waals surface area (Å²) in [6, 6.07) is 4.37. The van der Waals surface area contributed by atoms with Gasteiger partial charge in [0.1, 0.15) is 0 Å². The number of H-pyrrole nitrogens is 1. The maximum Gasteiger partial charge on any atom is 0.0178 e. The molecule has 18 heavy (non-hydrogen) atoms. The van der Waals surface area contributed by atoms with E-state index >= 15 is 0 Å². The van der Waals surface area contributed by atoms with Crippen LogP contribution in [-0.4, -0.2) is 4.98 Å². The van der Waals surface area contributed by atoms with E-state index in [-0.39, 0.29) is 0 Å². The molecular formula is C17H31N. The molecule has 1 nitrogen and oxygen atoms in total. The average Bonchev–Trinajstić information content (AvgIpc) is 2.67. The summed E-state index contributed by atoms with van der Waals surface area (Å²) in [5, 5.41) is 0.